The molecular weight excluding hydrogens is 288 g/mol. The van der Waals surface area contributed by atoms with E-state index in [0.29, 0.717) is 6.42 Å². The summed E-state index contributed by atoms with van der Waals surface area (Å²) in [6.07, 6.45) is 3.94. The van der Waals surface area contributed by atoms with Gasteiger partial charge in [0.25, 0.3) is 0 Å². The molecule has 0 heterocycles. The molecule has 21 heavy (non-hydrogen) atoms. The number of methoxy groups -OCH3 is 1. The number of benzene rings is 1. The molecule has 5 heteroatoms. The van der Waals surface area contributed by atoms with Crippen LogP contribution in [0.25, 0.3) is 0 Å². The summed E-state index contributed by atoms with van der Waals surface area (Å²) in [4.78, 5) is 12.0. The van der Waals surface area contributed by atoms with Crippen LogP contribution in [0, 0.1) is 5.41 Å². The van der Waals surface area contributed by atoms with Crippen molar-refractivity contribution in [3.63, 3.8) is 0 Å². The molecule has 1 fully saturated rings. The van der Waals surface area contributed by atoms with Crippen molar-refractivity contribution >= 4 is 18.3 Å². The molecule has 0 aliphatic heterocycles. The van der Waals surface area contributed by atoms with Crippen LogP contribution in [-0.2, 0) is 16.0 Å². The fraction of sp³-hybridized carbons (Fsp3) is 0.562. The Morgan fingerprint density at radius 1 is 1.38 bits per heavy atom. The first kappa shape index (κ1) is 18.0. The van der Waals surface area contributed by atoms with Crippen molar-refractivity contribution in [2.75, 3.05) is 20.3 Å². The van der Waals surface area contributed by atoms with E-state index in [1.165, 1.54) is 12.8 Å². The van der Waals surface area contributed by atoms with E-state index in [-0.39, 0.29) is 23.7 Å². The van der Waals surface area contributed by atoms with Crippen molar-refractivity contribution in [1.29, 1.82) is 0 Å². The molecule has 3 N–H and O–H groups in total. The summed E-state index contributed by atoms with van der Waals surface area (Å²) >= 11 is 0. The van der Waals surface area contributed by atoms with E-state index in [0.717, 1.165) is 25.1 Å². The van der Waals surface area contributed by atoms with E-state index in [4.69, 9.17) is 10.5 Å². The Morgan fingerprint density at radius 3 is 2.62 bits per heavy atom. The van der Waals surface area contributed by atoms with Crippen molar-refractivity contribution in [3.8, 4) is 0 Å². The first-order valence-electron chi connectivity index (χ1n) is 7.21. The van der Waals surface area contributed by atoms with E-state index >= 15 is 0 Å². The average Bonchev–Trinajstić information content (AvgIpc) is 3.24. The van der Waals surface area contributed by atoms with Gasteiger partial charge in [0.2, 0.25) is 5.91 Å². The lowest BCUT2D eigenvalue weighted by atomic mass is 10.0. The average molecular weight is 313 g/mol. The molecule has 1 saturated carbocycles. The Morgan fingerprint density at radius 2 is 2.05 bits per heavy atom. The highest BCUT2D eigenvalue weighted by Crippen LogP contribution is 2.48. The molecule has 0 radical (unpaired) electrons. The predicted molar refractivity (Wildman–Crippen MR) is 86.5 cm³/mol. The van der Waals surface area contributed by atoms with Gasteiger partial charge < -0.3 is 15.8 Å². The zero-order chi connectivity index (χ0) is 14.4. The number of nitrogens with two attached hydrogens (primary N) is 1. The number of amides is 1. The predicted octanol–water partition coefficient (Wildman–Crippen LogP) is 1.91. The van der Waals surface area contributed by atoms with Crippen molar-refractivity contribution in [3.05, 3.63) is 35.9 Å². The first-order valence-corrected chi connectivity index (χ1v) is 7.21. The zero-order valence-electron chi connectivity index (χ0n) is 12.5. The summed E-state index contributed by atoms with van der Waals surface area (Å²) in [6.45, 7) is 1.48. The van der Waals surface area contributed by atoms with E-state index in [2.05, 4.69) is 5.32 Å². The van der Waals surface area contributed by atoms with E-state index in [9.17, 15) is 4.79 Å². The summed E-state index contributed by atoms with van der Waals surface area (Å²) in [5, 5.41) is 2.99. The minimum atomic E-state index is -0.476. The van der Waals surface area contributed by atoms with Crippen LogP contribution < -0.4 is 11.1 Å². The van der Waals surface area contributed by atoms with Crippen molar-refractivity contribution in [1.82, 2.24) is 5.32 Å². The lowest BCUT2D eigenvalue weighted by Gasteiger charge is -2.18. The number of hydrogen-bond donors (Lipinski definition) is 2. The van der Waals surface area contributed by atoms with Gasteiger partial charge in [0.1, 0.15) is 0 Å². The summed E-state index contributed by atoms with van der Waals surface area (Å²) in [5.74, 6) is -0.0578. The molecule has 1 aromatic rings. The Kier molecular flexibility index (Phi) is 7.15. The van der Waals surface area contributed by atoms with Gasteiger partial charge in [0, 0.05) is 20.3 Å². The number of ether oxygens (including phenoxy) is 1. The molecule has 2 rings (SSSR count). The second-order valence-corrected chi connectivity index (χ2v) is 5.76. The molecular formula is C16H25ClN2O2. The van der Waals surface area contributed by atoms with Gasteiger partial charge >= 0.3 is 0 Å². The third-order valence-corrected chi connectivity index (χ3v) is 4.07. The van der Waals surface area contributed by atoms with Gasteiger partial charge in [0.05, 0.1) is 6.04 Å². The van der Waals surface area contributed by atoms with Gasteiger partial charge in [-0.2, -0.15) is 0 Å². The van der Waals surface area contributed by atoms with Gasteiger partial charge in [0.15, 0.2) is 0 Å². The lowest BCUT2D eigenvalue weighted by molar-refractivity contribution is -0.122. The minimum Gasteiger partial charge on any atom is -0.385 e. The Bertz CT molecular complexity index is 435. The van der Waals surface area contributed by atoms with Crippen molar-refractivity contribution in [2.45, 2.75) is 31.7 Å². The molecule has 118 valence electrons. The summed E-state index contributed by atoms with van der Waals surface area (Å²) in [6, 6.07) is 9.40. The molecule has 0 aromatic heterocycles. The van der Waals surface area contributed by atoms with Crippen LogP contribution in [0.2, 0.25) is 0 Å². The fourth-order valence-electron chi connectivity index (χ4n) is 2.38. The third kappa shape index (κ3) is 5.65. The zero-order valence-corrected chi connectivity index (χ0v) is 13.3. The van der Waals surface area contributed by atoms with Crippen LogP contribution in [0.4, 0.5) is 0 Å². The van der Waals surface area contributed by atoms with Gasteiger partial charge in [-0.05, 0) is 36.7 Å². The number of rotatable bonds is 8. The molecule has 1 amide bonds. The smallest absolute Gasteiger partial charge is 0.237 e. The van der Waals surface area contributed by atoms with Crippen LogP contribution in [0.1, 0.15) is 24.8 Å². The van der Waals surface area contributed by atoms with E-state index < -0.39 is 6.04 Å². The van der Waals surface area contributed by atoms with E-state index in [1.54, 1.807) is 7.11 Å². The summed E-state index contributed by atoms with van der Waals surface area (Å²) in [5.41, 5.74) is 7.32. The van der Waals surface area contributed by atoms with Crippen LogP contribution in [0.15, 0.2) is 30.3 Å². The highest BCUT2D eigenvalue weighted by Gasteiger charge is 2.42. The first-order chi connectivity index (χ1) is 9.65. The maximum Gasteiger partial charge on any atom is 0.237 e. The Hall–Kier alpha value is -1.10. The molecule has 1 atom stereocenters. The van der Waals surface area contributed by atoms with Crippen LogP contribution in [0.5, 0.6) is 0 Å². The molecule has 0 spiro atoms. The molecule has 0 saturated heterocycles. The summed E-state index contributed by atoms with van der Waals surface area (Å²) < 4.78 is 5.11. The Labute approximate surface area is 132 Å². The van der Waals surface area contributed by atoms with Gasteiger partial charge in [-0.3, -0.25) is 4.79 Å². The lowest BCUT2D eigenvalue weighted by Crippen LogP contribution is -2.44. The minimum absolute atomic E-state index is 0. The molecule has 4 nitrogen and oxygen atoms in total. The fourth-order valence-corrected chi connectivity index (χ4v) is 2.38. The highest BCUT2D eigenvalue weighted by molar-refractivity contribution is 5.85. The molecule has 1 aliphatic rings. The number of hydrogen-bond acceptors (Lipinski definition) is 3. The number of carbonyl (C=O) groups is 1. The van der Waals surface area contributed by atoms with Gasteiger partial charge in [-0.1, -0.05) is 30.3 Å². The SMILES string of the molecule is COCCC1(CNC(=O)C(N)Cc2ccccc2)CC1.Cl. The highest BCUT2D eigenvalue weighted by atomic mass is 35.5. The quantitative estimate of drug-likeness (QED) is 0.770. The number of carbonyl (C=O) groups excluding carboxylic acids is 1. The maximum absolute atomic E-state index is 12.0. The third-order valence-electron chi connectivity index (χ3n) is 4.07. The van der Waals surface area contributed by atoms with Crippen LogP contribution in [-0.4, -0.2) is 32.2 Å². The van der Waals surface area contributed by atoms with E-state index in [1.807, 2.05) is 30.3 Å². The number of halogens is 1. The molecule has 1 unspecified atom stereocenters. The molecule has 1 aliphatic carbocycles. The summed E-state index contributed by atoms with van der Waals surface area (Å²) in [7, 11) is 1.71. The largest absolute Gasteiger partial charge is 0.385 e. The monoisotopic (exact) mass is 312 g/mol. The standard InChI is InChI=1S/C16H24N2O2.ClH/c1-20-10-9-16(7-8-16)12-18-15(19)14(17)11-13-5-3-2-4-6-13;/h2-6,14H,7-12,17H2,1H3,(H,18,19);1H. The van der Waals surface area contributed by atoms with Gasteiger partial charge in [-0.25, -0.2) is 0 Å². The second kappa shape index (κ2) is 8.37. The molecule has 1 aromatic carbocycles. The second-order valence-electron chi connectivity index (χ2n) is 5.76. The van der Waals surface area contributed by atoms with Crippen LogP contribution in [0.3, 0.4) is 0 Å². The van der Waals surface area contributed by atoms with Crippen molar-refractivity contribution in [2.24, 2.45) is 11.1 Å². The Balaban J connectivity index is 0.00000220. The normalized spacial score (nSPS) is 16.7. The van der Waals surface area contributed by atoms with Gasteiger partial charge in [-0.15, -0.1) is 12.4 Å². The van der Waals surface area contributed by atoms with Crippen LogP contribution >= 0.6 is 12.4 Å². The number of nitrogens with one attached hydrogen (secondary N) is 1. The molecule has 0 bridgehead atoms. The topological polar surface area (TPSA) is 64.3 Å². The van der Waals surface area contributed by atoms with Crippen molar-refractivity contribution < 1.29 is 9.53 Å². The maximum atomic E-state index is 12.0.